The molecule has 0 bridgehead atoms. The smallest absolute Gasteiger partial charge is 0.244 e. The lowest BCUT2D eigenvalue weighted by Crippen LogP contribution is -2.53. The Morgan fingerprint density at radius 3 is 2.71 bits per heavy atom. The van der Waals surface area contributed by atoms with Crippen LogP contribution < -0.4 is 11.1 Å². The molecule has 108 valence electrons. The third-order valence-electron chi connectivity index (χ3n) is 4.00. The van der Waals surface area contributed by atoms with Crippen molar-refractivity contribution in [2.75, 3.05) is 5.32 Å². The van der Waals surface area contributed by atoms with Crippen molar-refractivity contribution < 1.29 is 4.79 Å². The molecule has 0 saturated heterocycles. The van der Waals surface area contributed by atoms with Crippen LogP contribution in [-0.2, 0) is 4.79 Å². The second-order valence-electron chi connectivity index (χ2n) is 5.80. The van der Waals surface area contributed by atoms with Crippen molar-refractivity contribution >= 4 is 11.6 Å². The van der Waals surface area contributed by atoms with Gasteiger partial charge in [0.25, 0.3) is 0 Å². The third-order valence-corrected chi connectivity index (χ3v) is 4.00. The Labute approximate surface area is 124 Å². The maximum absolute atomic E-state index is 12.4. The van der Waals surface area contributed by atoms with Gasteiger partial charge in [-0.05, 0) is 37.0 Å². The Bertz CT molecular complexity index is 641. The highest BCUT2D eigenvalue weighted by Gasteiger charge is 2.37. The number of carbonyl (C=O) groups is 1. The number of anilines is 1. The summed E-state index contributed by atoms with van der Waals surface area (Å²) in [5.41, 5.74) is 6.43. The molecule has 0 heterocycles. The Balaban J connectivity index is 2.17. The summed E-state index contributed by atoms with van der Waals surface area (Å²) >= 11 is 0. The molecule has 0 aliphatic heterocycles. The number of rotatable bonds is 2. The Kier molecular flexibility index (Phi) is 4.26. The van der Waals surface area contributed by atoms with E-state index in [2.05, 4.69) is 12.2 Å². The van der Waals surface area contributed by atoms with Crippen LogP contribution in [0.5, 0.6) is 0 Å². The summed E-state index contributed by atoms with van der Waals surface area (Å²) in [6.45, 7) is 2.10. The predicted molar refractivity (Wildman–Crippen MR) is 79.1 cm³/mol. The molecule has 21 heavy (non-hydrogen) atoms. The van der Waals surface area contributed by atoms with Crippen LogP contribution in [0.2, 0.25) is 0 Å². The quantitative estimate of drug-likeness (QED) is 0.868. The zero-order valence-electron chi connectivity index (χ0n) is 12.0. The van der Waals surface area contributed by atoms with Crippen molar-refractivity contribution in [2.24, 2.45) is 11.7 Å². The molecule has 1 saturated carbocycles. The van der Waals surface area contributed by atoms with Gasteiger partial charge in [-0.3, -0.25) is 4.79 Å². The number of carbonyl (C=O) groups excluding carboxylic acids is 1. The predicted octanol–water partition coefficient (Wildman–Crippen LogP) is 2.28. The van der Waals surface area contributed by atoms with Crippen molar-refractivity contribution in [1.82, 2.24) is 0 Å². The van der Waals surface area contributed by atoms with E-state index < -0.39 is 5.54 Å². The van der Waals surface area contributed by atoms with Gasteiger partial charge in [0.05, 0.1) is 16.7 Å². The fourth-order valence-electron chi connectivity index (χ4n) is 2.87. The van der Waals surface area contributed by atoms with Crippen LogP contribution >= 0.6 is 0 Å². The molecule has 2 atom stereocenters. The molecule has 0 spiro atoms. The molecule has 1 fully saturated rings. The molecule has 0 aromatic heterocycles. The number of hydrogen-bond donors (Lipinski definition) is 2. The first-order chi connectivity index (χ1) is 9.98. The van der Waals surface area contributed by atoms with E-state index >= 15 is 0 Å². The van der Waals surface area contributed by atoms with E-state index in [1.165, 1.54) is 12.1 Å². The highest BCUT2D eigenvalue weighted by molar-refractivity contribution is 5.98. The summed E-state index contributed by atoms with van der Waals surface area (Å²) in [5.74, 6) is 0.216. The Morgan fingerprint density at radius 1 is 1.38 bits per heavy atom. The number of nitrogens with one attached hydrogen (secondary N) is 1. The van der Waals surface area contributed by atoms with Crippen LogP contribution in [-0.4, -0.2) is 11.4 Å². The van der Waals surface area contributed by atoms with Gasteiger partial charge in [0.2, 0.25) is 5.91 Å². The second-order valence-corrected chi connectivity index (χ2v) is 5.80. The van der Waals surface area contributed by atoms with Crippen molar-refractivity contribution in [3.05, 3.63) is 29.3 Å². The van der Waals surface area contributed by atoms with Gasteiger partial charge in [-0.2, -0.15) is 10.5 Å². The van der Waals surface area contributed by atoms with E-state index in [1.807, 2.05) is 12.1 Å². The number of nitriles is 2. The number of benzene rings is 1. The average Bonchev–Trinajstić information content (AvgIpc) is 2.46. The van der Waals surface area contributed by atoms with E-state index in [4.69, 9.17) is 16.3 Å². The van der Waals surface area contributed by atoms with Crippen molar-refractivity contribution in [1.29, 1.82) is 10.5 Å². The first-order valence-corrected chi connectivity index (χ1v) is 7.03. The van der Waals surface area contributed by atoms with E-state index in [-0.39, 0.29) is 11.5 Å². The molecule has 1 aliphatic rings. The van der Waals surface area contributed by atoms with E-state index in [0.29, 0.717) is 30.0 Å². The highest BCUT2D eigenvalue weighted by atomic mass is 16.2. The fraction of sp³-hybridized carbons (Fsp3) is 0.438. The first kappa shape index (κ1) is 15.0. The first-order valence-electron chi connectivity index (χ1n) is 7.03. The molecule has 0 radical (unpaired) electrons. The Hall–Kier alpha value is -2.37. The molecule has 1 amide bonds. The molecular weight excluding hydrogens is 264 g/mol. The molecule has 5 nitrogen and oxygen atoms in total. The van der Waals surface area contributed by atoms with Gasteiger partial charge in [-0.1, -0.05) is 19.8 Å². The number of amides is 1. The topological polar surface area (TPSA) is 103 Å². The molecule has 2 rings (SSSR count). The van der Waals surface area contributed by atoms with Crippen LogP contribution in [0.15, 0.2) is 18.2 Å². The zero-order chi connectivity index (χ0) is 15.5. The number of nitrogens with two attached hydrogens (primary N) is 1. The zero-order valence-corrected chi connectivity index (χ0v) is 12.0. The van der Waals surface area contributed by atoms with Crippen LogP contribution in [0.3, 0.4) is 0 Å². The summed E-state index contributed by atoms with van der Waals surface area (Å²) in [4.78, 5) is 12.4. The van der Waals surface area contributed by atoms with Crippen LogP contribution in [0.4, 0.5) is 5.69 Å². The maximum atomic E-state index is 12.4. The van der Waals surface area contributed by atoms with Gasteiger partial charge in [0.1, 0.15) is 12.1 Å². The minimum atomic E-state index is -0.849. The minimum absolute atomic E-state index is 0.220. The largest absolute Gasteiger partial charge is 0.324 e. The van der Waals surface area contributed by atoms with Gasteiger partial charge in [0, 0.05) is 5.69 Å². The summed E-state index contributed by atoms with van der Waals surface area (Å²) < 4.78 is 0. The highest BCUT2D eigenvalue weighted by Crippen LogP contribution is 2.31. The lowest BCUT2D eigenvalue weighted by Gasteiger charge is -2.35. The van der Waals surface area contributed by atoms with Crippen LogP contribution in [0.1, 0.15) is 43.7 Å². The third kappa shape index (κ3) is 3.21. The van der Waals surface area contributed by atoms with Crippen molar-refractivity contribution in [3.8, 4) is 12.1 Å². The SMILES string of the molecule is CC1CCCC(N)(C(=O)Nc2ccc(C#N)c(C#N)c2)C1. The summed E-state index contributed by atoms with van der Waals surface area (Å²) in [5, 5.41) is 20.7. The summed E-state index contributed by atoms with van der Waals surface area (Å²) in [7, 11) is 0. The molecule has 5 heteroatoms. The van der Waals surface area contributed by atoms with Crippen LogP contribution in [0.25, 0.3) is 0 Å². The lowest BCUT2D eigenvalue weighted by atomic mass is 9.76. The standard InChI is InChI=1S/C16H18N4O/c1-11-3-2-6-16(19,8-11)15(21)20-14-5-4-12(9-17)13(7-14)10-18/h4-5,7,11H,2-3,6,8,19H2,1H3,(H,20,21). The number of hydrogen-bond acceptors (Lipinski definition) is 4. The second kappa shape index (κ2) is 5.95. The Morgan fingerprint density at radius 2 is 2.10 bits per heavy atom. The molecule has 1 aliphatic carbocycles. The molecule has 1 aromatic carbocycles. The molecule has 1 aromatic rings. The van der Waals surface area contributed by atoms with E-state index in [1.54, 1.807) is 6.07 Å². The molecule has 2 unspecified atom stereocenters. The molecule has 3 N–H and O–H groups in total. The van der Waals surface area contributed by atoms with E-state index in [0.717, 1.165) is 12.8 Å². The normalized spacial score (nSPS) is 24.7. The lowest BCUT2D eigenvalue weighted by molar-refractivity contribution is -0.122. The van der Waals surface area contributed by atoms with Crippen molar-refractivity contribution in [2.45, 2.75) is 38.1 Å². The van der Waals surface area contributed by atoms with Gasteiger partial charge in [-0.25, -0.2) is 0 Å². The van der Waals surface area contributed by atoms with Gasteiger partial charge < -0.3 is 11.1 Å². The summed E-state index contributed by atoms with van der Waals surface area (Å²) in [6.07, 6.45) is 3.38. The minimum Gasteiger partial charge on any atom is -0.324 e. The average molecular weight is 282 g/mol. The fourth-order valence-corrected chi connectivity index (χ4v) is 2.87. The van der Waals surface area contributed by atoms with Crippen molar-refractivity contribution in [3.63, 3.8) is 0 Å². The maximum Gasteiger partial charge on any atom is 0.244 e. The van der Waals surface area contributed by atoms with Gasteiger partial charge in [-0.15, -0.1) is 0 Å². The number of nitrogens with zero attached hydrogens (tertiary/aromatic N) is 2. The summed E-state index contributed by atoms with van der Waals surface area (Å²) in [6, 6.07) is 8.55. The van der Waals surface area contributed by atoms with Gasteiger partial charge in [0.15, 0.2) is 0 Å². The van der Waals surface area contributed by atoms with Gasteiger partial charge >= 0.3 is 0 Å². The van der Waals surface area contributed by atoms with Crippen LogP contribution in [0, 0.1) is 28.6 Å². The molecular formula is C16H18N4O. The van der Waals surface area contributed by atoms with E-state index in [9.17, 15) is 4.79 Å². The monoisotopic (exact) mass is 282 g/mol.